The van der Waals surface area contributed by atoms with Crippen LogP contribution >= 0.6 is 0 Å². The Kier molecular flexibility index (Phi) is 6.17. The number of amides is 2. The quantitative estimate of drug-likeness (QED) is 0.770. The normalized spacial score (nSPS) is 9.96. The van der Waals surface area contributed by atoms with Crippen molar-refractivity contribution in [3.63, 3.8) is 0 Å². The summed E-state index contributed by atoms with van der Waals surface area (Å²) in [5, 5.41) is 5.49. The molecule has 0 aliphatic carbocycles. The number of hydrogen-bond acceptors (Lipinski definition) is 3. The summed E-state index contributed by atoms with van der Waals surface area (Å²) in [5.74, 6) is 0.621. The first-order valence-corrected chi connectivity index (χ1v) is 7.49. The molecule has 0 aliphatic heterocycles. The van der Waals surface area contributed by atoms with Gasteiger partial charge in [0.05, 0.1) is 6.61 Å². The van der Waals surface area contributed by atoms with Crippen LogP contribution in [-0.4, -0.2) is 18.4 Å². The zero-order valence-electron chi connectivity index (χ0n) is 13.0. The van der Waals surface area contributed by atoms with Gasteiger partial charge in [0.15, 0.2) is 0 Å². The first-order chi connectivity index (χ1) is 11.1. The lowest BCUT2D eigenvalue weighted by Crippen LogP contribution is -2.13. The van der Waals surface area contributed by atoms with Crippen molar-refractivity contribution in [2.75, 3.05) is 17.2 Å². The second kappa shape index (κ2) is 8.58. The zero-order valence-corrected chi connectivity index (χ0v) is 13.0. The molecule has 120 valence electrons. The van der Waals surface area contributed by atoms with Gasteiger partial charge >= 0.3 is 0 Å². The van der Waals surface area contributed by atoms with Gasteiger partial charge in [-0.25, -0.2) is 0 Å². The minimum Gasteiger partial charge on any atom is -0.494 e. The molecule has 0 saturated carbocycles. The molecule has 0 unspecified atom stereocenters. The van der Waals surface area contributed by atoms with Crippen LogP contribution in [0.5, 0.6) is 5.75 Å². The van der Waals surface area contributed by atoms with E-state index in [-0.39, 0.29) is 11.8 Å². The Bertz CT molecular complexity index is 639. The van der Waals surface area contributed by atoms with Gasteiger partial charge in [0.1, 0.15) is 5.75 Å². The predicted octanol–water partition coefficient (Wildman–Crippen LogP) is 3.44. The van der Waals surface area contributed by atoms with Crippen LogP contribution in [0.2, 0.25) is 0 Å². The summed E-state index contributed by atoms with van der Waals surface area (Å²) in [6, 6.07) is 16.5. The van der Waals surface area contributed by atoms with Crippen molar-refractivity contribution < 1.29 is 14.3 Å². The Labute approximate surface area is 135 Å². The third-order valence-electron chi connectivity index (χ3n) is 3.05. The summed E-state index contributed by atoms with van der Waals surface area (Å²) in [4.78, 5) is 22.8. The Morgan fingerprint density at radius 3 is 2.13 bits per heavy atom. The Morgan fingerprint density at radius 2 is 1.52 bits per heavy atom. The van der Waals surface area contributed by atoms with Crippen LogP contribution < -0.4 is 15.4 Å². The third kappa shape index (κ3) is 6.22. The number of ether oxygens (including phenoxy) is 1. The molecule has 0 fully saturated rings. The zero-order chi connectivity index (χ0) is 16.5. The van der Waals surface area contributed by atoms with Crippen molar-refractivity contribution >= 4 is 23.2 Å². The molecule has 23 heavy (non-hydrogen) atoms. The van der Waals surface area contributed by atoms with Crippen LogP contribution in [0.25, 0.3) is 0 Å². The van der Waals surface area contributed by atoms with Crippen LogP contribution in [0.3, 0.4) is 0 Å². The first-order valence-electron chi connectivity index (χ1n) is 7.49. The second-order valence-electron chi connectivity index (χ2n) is 5.07. The molecule has 0 atom stereocenters. The van der Waals surface area contributed by atoms with E-state index in [1.54, 1.807) is 24.3 Å². The topological polar surface area (TPSA) is 67.4 Å². The van der Waals surface area contributed by atoms with Crippen molar-refractivity contribution in [3.8, 4) is 5.75 Å². The standard InChI is InChI=1S/C18H20N2O3/c1-14(21)19-15-9-11-16(12-10-15)20-18(22)8-5-13-23-17-6-3-2-4-7-17/h2-4,6-7,9-12H,5,8,13H2,1H3,(H,19,21)(H,20,22). The molecule has 0 heterocycles. The highest BCUT2D eigenvalue weighted by Crippen LogP contribution is 2.14. The summed E-state index contributed by atoms with van der Waals surface area (Å²) in [6.07, 6.45) is 1.03. The summed E-state index contributed by atoms with van der Waals surface area (Å²) >= 11 is 0. The highest BCUT2D eigenvalue weighted by Gasteiger charge is 2.03. The van der Waals surface area contributed by atoms with Crippen molar-refractivity contribution in [1.29, 1.82) is 0 Å². The number of para-hydroxylation sites is 1. The highest BCUT2D eigenvalue weighted by molar-refractivity contribution is 5.92. The molecule has 0 saturated heterocycles. The molecule has 0 radical (unpaired) electrons. The fourth-order valence-corrected chi connectivity index (χ4v) is 2.00. The molecule has 0 bridgehead atoms. The Balaban J connectivity index is 1.69. The Hall–Kier alpha value is -2.82. The van der Waals surface area contributed by atoms with Crippen LogP contribution in [0.4, 0.5) is 11.4 Å². The number of carbonyl (C=O) groups excluding carboxylic acids is 2. The minimum absolute atomic E-state index is 0.0612. The molecular formula is C18H20N2O3. The number of rotatable bonds is 7. The molecule has 2 aromatic carbocycles. The lowest BCUT2D eigenvalue weighted by molar-refractivity contribution is -0.116. The van der Waals surface area contributed by atoms with E-state index in [0.717, 1.165) is 5.75 Å². The fourth-order valence-electron chi connectivity index (χ4n) is 2.00. The van der Waals surface area contributed by atoms with Gasteiger partial charge in [-0.05, 0) is 42.8 Å². The van der Waals surface area contributed by atoms with Crippen LogP contribution in [-0.2, 0) is 9.59 Å². The largest absolute Gasteiger partial charge is 0.494 e. The average Bonchev–Trinajstić information content (AvgIpc) is 2.54. The SMILES string of the molecule is CC(=O)Nc1ccc(NC(=O)CCCOc2ccccc2)cc1. The van der Waals surface area contributed by atoms with E-state index in [9.17, 15) is 9.59 Å². The first kappa shape index (κ1) is 16.5. The van der Waals surface area contributed by atoms with Crippen molar-refractivity contribution in [1.82, 2.24) is 0 Å². The minimum atomic E-state index is -0.125. The molecule has 2 amide bonds. The summed E-state index contributed by atoms with van der Waals surface area (Å²) in [6.45, 7) is 1.95. The van der Waals surface area contributed by atoms with Gasteiger partial charge in [-0.2, -0.15) is 0 Å². The van der Waals surface area contributed by atoms with E-state index in [1.807, 2.05) is 30.3 Å². The van der Waals surface area contributed by atoms with Crippen LogP contribution in [0.1, 0.15) is 19.8 Å². The molecular weight excluding hydrogens is 292 g/mol. The molecule has 0 aliphatic rings. The lowest BCUT2D eigenvalue weighted by Gasteiger charge is -2.08. The maximum Gasteiger partial charge on any atom is 0.224 e. The molecule has 0 spiro atoms. The number of nitrogens with one attached hydrogen (secondary N) is 2. The van der Waals surface area contributed by atoms with Gasteiger partial charge in [-0.15, -0.1) is 0 Å². The van der Waals surface area contributed by atoms with Crippen molar-refractivity contribution in [2.45, 2.75) is 19.8 Å². The highest BCUT2D eigenvalue weighted by atomic mass is 16.5. The summed E-state index contributed by atoms with van der Waals surface area (Å²) in [5.41, 5.74) is 1.40. The van der Waals surface area contributed by atoms with Crippen molar-refractivity contribution in [3.05, 3.63) is 54.6 Å². The van der Waals surface area contributed by atoms with Crippen LogP contribution in [0, 0.1) is 0 Å². The smallest absolute Gasteiger partial charge is 0.224 e. The maximum absolute atomic E-state index is 11.9. The van der Waals surface area contributed by atoms with E-state index in [0.29, 0.717) is 30.8 Å². The van der Waals surface area contributed by atoms with Gasteiger partial charge < -0.3 is 15.4 Å². The van der Waals surface area contributed by atoms with E-state index < -0.39 is 0 Å². The van der Waals surface area contributed by atoms with Gasteiger partial charge in [0, 0.05) is 24.7 Å². The van der Waals surface area contributed by atoms with Crippen molar-refractivity contribution in [2.24, 2.45) is 0 Å². The second-order valence-corrected chi connectivity index (χ2v) is 5.07. The van der Waals surface area contributed by atoms with Crippen LogP contribution in [0.15, 0.2) is 54.6 Å². The van der Waals surface area contributed by atoms with E-state index in [1.165, 1.54) is 6.92 Å². The molecule has 2 rings (SSSR count). The fraction of sp³-hybridized carbons (Fsp3) is 0.222. The molecule has 5 heteroatoms. The van der Waals surface area contributed by atoms with E-state index >= 15 is 0 Å². The number of benzene rings is 2. The van der Waals surface area contributed by atoms with Gasteiger partial charge in [0.25, 0.3) is 0 Å². The number of carbonyl (C=O) groups is 2. The number of anilines is 2. The molecule has 2 N–H and O–H groups in total. The summed E-state index contributed by atoms with van der Waals surface area (Å²) < 4.78 is 5.54. The monoisotopic (exact) mass is 312 g/mol. The van der Waals surface area contributed by atoms with E-state index in [4.69, 9.17) is 4.74 Å². The summed E-state index contributed by atoms with van der Waals surface area (Å²) in [7, 11) is 0. The average molecular weight is 312 g/mol. The third-order valence-corrected chi connectivity index (χ3v) is 3.05. The van der Waals surface area contributed by atoms with Gasteiger partial charge in [-0.3, -0.25) is 9.59 Å². The molecule has 5 nitrogen and oxygen atoms in total. The Morgan fingerprint density at radius 1 is 0.913 bits per heavy atom. The van der Waals surface area contributed by atoms with Gasteiger partial charge in [-0.1, -0.05) is 18.2 Å². The predicted molar refractivity (Wildman–Crippen MR) is 90.5 cm³/mol. The maximum atomic E-state index is 11.9. The molecule has 2 aromatic rings. The number of hydrogen-bond donors (Lipinski definition) is 2. The molecule has 0 aromatic heterocycles. The van der Waals surface area contributed by atoms with Gasteiger partial charge in [0.2, 0.25) is 11.8 Å². The van der Waals surface area contributed by atoms with E-state index in [2.05, 4.69) is 10.6 Å². The lowest BCUT2D eigenvalue weighted by atomic mass is 10.2.